The van der Waals surface area contributed by atoms with Gasteiger partial charge in [-0.1, -0.05) is 6.07 Å². The zero-order valence-corrected chi connectivity index (χ0v) is 10.1. The highest BCUT2D eigenvalue weighted by Crippen LogP contribution is 2.34. The third kappa shape index (κ3) is 1.55. The van der Waals surface area contributed by atoms with Crippen molar-refractivity contribution in [1.82, 2.24) is 0 Å². The largest absolute Gasteiger partial charge is 0.478 e. The first kappa shape index (κ1) is 10.0. The van der Waals surface area contributed by atoms with Crippen molar-refractivity contribution in [2.45, 2.75) is 4.90 Å². The van der Waals surface area contributed by atoms with Crippen LogP contribution in [-0.4, -0.2) is 11.1 Å². The predicted octanol–water partition coefficient (Wildman–Crippen LogP) is 3.65. The van der Waals surface area contributed by atoms with Crippen molar-refractivity contribution in [3.63, 3.8) is 0 Å². The van der Waals surface area contributed by atoms with Crippen molar-refractivity contribution in [1.29, 1.82) is 0 Å². The average molecular weight is 289 g/mol. The van der Waals surface area contributed by atoms with Gasteiger partial charge < -0.3 is 5.11 Å². The molecular weight excluding hydrogens is 284 g/mol. The monoisotopic (exact) mass is 288 g/mol. The standard InChI is InChI=1S/C9H5BrO2S2/c10-6-3-4-1-2-5(13)7(9(11)12)8(4)14-6/h1-3,13H,(H,11,12). The van der Waals surface area contributed by atoms with Crippen molar-refractivity contribution < 1.29 is 9.90 Å². The lowest BCUT2D eigenvalue weighted by atomic mass is 10.2. The molecule has 14 heavy (non-hydrogen) atoms. The number of rotatable bonds is 1. The van der Waals surface area contributed by atoms with E-state index in [4.69, 9.17) is 5.11 Å². The number of aromatic carboxylic acids is 1. The van der Waals surface area contributed by atoms with E-state index in [1.165, 1.54) is 11.3 Å². The third-order valence-electron chi connectivity index (χ3n) is 1.85. The Labute approximate surface area is 98.1 Å². The van der Waals surface area contributed by atoms with E-state index in [1.54, 1.807) is 6.07 Å². The van der Waals surface area contributed by atoms with Gasteiger partial charge in [-0.15, -0.1) is 24.0 Å². The van der Waals surface area contributed by atoms with Crippen LogP contribution in [0.2, 0.25) is 0 Å². The van der Waals surface area contributed by atoms with E-state index in [-0.39, 0.29) is 5.56 Å². The van der Waals surface area contributed by atoms with Crippen molar-refractivity contribution in [3.05, 3.63) is 27.5 Å². The van der Waals surface area contributed by atoms with Gasteiger partial charge in [0.15, 0.2) is 0 Å². The van der Waals surface area contributed by atoms with E-state index in [9.17, 15) is 4.79 Å². The van der Waals surface area contributed by atoms with Crippen molar-refractivity contribution in [2.24, 2.45) is 0 Å². The minimum Gasteiger partial charge on any atom is -0.478 e. The lowest BCUT2D eigenvalue weighted by Gasteiger charge is -2.00. The van der Waals surface area contributed by atoms with Gasteiger partial charge in [0, 0.05) is 4.90 Å². The molecule has 0 aliphatic carbocycles. The Kier molecular flexibility index (Phi) is 2.55. The zero-order chi connectivity index (χ0) is 10.3. The summed E-state index contributed by atoms with van der Waals surface area (Å²) in [6.07, 6.45) is 0. The van der Waals surface area contributed by atoms with Crippen molar-refractivity contribution in [2.75, 3.05) is 0 Å². The van der Waals surface area contributed by atoms with Crippen LogP contribution in [-0.2, 0) is 0 Å². The Bertz CT molecular complexity index is 519. The molecule has 0 aliphatic rings. The van der Waals surface area contributed by atoms with Crippen LogP contribution in [0.25, 0.3) is 10.1 Å². The highest BCUT2D eigenvalue weighted by molar-refractivity contribution is 9.11. The summed E-state index contributed by atoms with van der Waals surface area (Å²) in [5, 5.41) is 9.94. The Balaban J connectivity index is 2.88. The molecule has 0 bridgehead atoms. The summed E-state index contributed by atoms with van der Waals surface area (Å²) >= 11 is 8.87. The van der Waals surface area contributed by atoms with E-state index >= 15 is 0 Å². The van der Waals surface area contributed by atoms with Gasteiger partial charge in [-0.05, 0) is 33.4 Å². The molecule has 2 nitrogen and oxygen atoms in total. The number of thiophene rings is 1. The number of halogens is 1. The molecule has 0 fully saturated rings. The molecule has 0 amide bonds. The summed E-state index contributed by atoms with van der Waals surface area (Å²) in [7, 11) is 0. The van der Waals surface area contributed by atoms with Crippen LogP contribution in [0.15, 0.2) is 26.9 Å². The second-order valence-corrected chi connectivity index (χ2v) is 5.65. The fourth-order valence-corrected chi connectivity index (χ4v) is 3.28. The number of fused-ring (bicyclic) bond motifs is 1. The number of hydrogen-bond donors (Lipinski definition) is 2. The fraction of sp³-hybridized carbons (Fsp3) is 0. The average Bonchev–Trinajstić information content (AvgIpc) is 2.43. The first-order valence-electron chi connectivity index (χ1n) is 3.74. The van der Waals surface area contributed by atoms with Gasteiger partial charge in [0.1, 0.15) is 0 Å². The van der Waals surface area contributed by atoms with Crippen LogP contribution in [0.5, 0.6) is 0 Å². The number of hydrogen-bond acceptors (Lipinski definition) is 3. The summed E-state index contributed by atoms with van der Waals surface area (Å²) in [5.74, 6) is -0.935. The molecule has 0 radical (unpaired) electrons. The first-order chi connectivity index (χ1) is 6.59. The second-order valence-electron chi connectivity index (χ2n) is 2.73. The molecule has 72 valence electrons. The van der Waals surface area contributed by atoms with Crippen LogP contribution in [0.4, 0.5) is 0 Å². The molecule has 1 aromatic carbocycles. The third-order valence-corrected chi connectivity index (χ3v) is 3.89. The Morgan fingerprint density at radius 3 is 2.86 bits per heavy atom. The van der Waals surface area contributed by atoms with Crippen molar-refractivity contribution >= 4 is 56.0 Å². The molecule has 0 saturated heterocycles. The Morgan fingerprint density at radius 2 is 2.21 bits per heavy atom. The second kappa shape index (κ2) is 3.56. The molecule has 0 aliphatic heterocycles. The highest BCUT2D eigenvalue weighted by atomic mass is 79.9. The summed E-state index contributed by atoms with van der Waals surface area (Å²) in [6, 6.07) is 5.47. The Hall–Kier alpha value is -0.520. The zero-order valence-electron chi connectivity index (χ0n) is 6.82. The van der Waals surface area contributed by atoms with Crippen LogP contribution in [0.1, 0.15) is 10.4 Å². The number of benzene rings is 1. The molecule has 2 rings (SSSR count). The lowest BCUT2D eigenvalue weighted by molar-refractivity contribution is 0.0695. The quantitative estimate of drug-likeness (QED) is 0.786. The molecule has 0 atom stereocenters. The van der Waals surface area contributed by atoms with Gasteiger partial charge in [0.25, 0.3) is 0 Å². The topological polar surface area (TPSA) is 37.3 Å². The highest BCUT2D eigenvalue weighted by Gasteiger charge is 2.14. The van der Waals surface area contributed by atoms with E-state index < -0.39 is 5.97 Å². The fourth-order valence-electron chi connectivity index (χ4n) is 1.27. The smallest absolute Gasteiger partial charge is 0.338 e. The van der Waals surface area contributed by atoms with Crippen LogP contribution >= 0.6 is 39.9 Å². The van der Waals surface area contributed by atoms with Gasteiger partial charge in [-0.3, -0.25) is 0 Å². The summed E-state index contributed by atoms with van der Waals surface area (Å²) < 4.78 is 1.69. The van der Waals surface area contributed by atoms with Gasteiger partial charge >= 0.3 is 5.97 Å². The minimum absolute atomic E-state index is 0.279. The van der Waals surface area contributed by atoms with E-state index in [0.29, 0.717) is 4.90 Å². The molecule has 1 heterocycles. The molecule has 0 saturated carbocycles. The first-order valence-corrected chi connectivity index (χ1v) is 5.79. The van der Waals surface area contributed by atoms with E-state index in [1.807, 2.05) is 12.1 Å². The van der Waals surface area contributed by atoms with E-state index in [0.717, 1.165) is 13.9 Å². The van der Waals surface area contributed by atoms with Crippen LogP contribution < -0.4 is 0 Å². The molecule has 1 aromatic heterocycles. The van der Waals surface area contributed by atoms with Gasteiger partial charge in [-0.25, -0.2) is 4.79 Å². The van der Waals surface area contributed by atoms with Crippen LogP contribution in [0.3, 0.4) is 0 Å². The number of carboxylic acids is 1. The van der Waals surface area contributed by atoms with Crippen LogP contribution in [0, 0.1) is 0 Å². The number of thiol groups is 1. The minimum atomic E-state index is -0.935. The Morgan fingerprint density at radius 1 is 1.50 bits per heavy atom. The predicted molar refractivity (Wildman–Crippen MR) is 63.7 cm³/mol. The molecule has 1 N–H and O–H groups in total. The molecule has 0 spiro atoms. The molecule has 5 heteroatoms. The molecular formula is C9H5BrO2S2. The molecule has 0 unspecified atom stereocenters. The van der Waals surface area contributed by atoms with Gasteiger partial charge in [-0.2, -0.15) is 0 Å². The van der Waals surface area contributed by atoms with Gasteiger partial charge in [0.05, 0.1) is 14.0 Å². The van der Waals surface area contributed by atoms with Gasteiger partial charge in [0.2, 0.25) is 0 Å². The maximum absolute atomic E-state index is 11.0. The maximum Gasteiger partial charge on any atom is 0.338 e. The normalized spacial score (nSPS) is 10.7. The summed E-state index contributed by atoms with van der Waals surface area (Å²) in [5.41, 5.74) is 0.279. The summed E-state index contributed by atoms with van der Waals surface area (Å²) in [4.78, 5) is 11.5. The SMILES string of the molecule is O=C(O)c1c(S)ccc2cc(Br)sc12. The lowest BCUT2D eigenvalue weighted by Crippen LogP contribution is -1.97. The maximum atomic E-state index is 11.0. The number of carbonyl (C=O) groups is 1. The summed E-state index contributed by atoms with van der Waals surface area (Å²) in [6.45, 7) is 0. The number of carboxylic acid groups (broad SMARTS) is 1. The molecule has 2 aromatic rings. The van der Waals surface area contributed by atoms with E-state index in [2.05, 4.69) is 28.6 Å². The van der Waals surface area contributed by atoms with Crippen molar-refractivity contribution in [3.8, 4) is 0 Å².